The van der Waals surface area contributed by atoms with E-state index in [4.69, 9.17) is 16.6 Å². The summed E-state index contributed by atoms with van der Waals surface area (Å²) < 4.78 is 15.3. The molecule has 1 amide bonds. The molecule has 1 saturated heterocycles. The summed E-state index contributed by atoms with van der Waals surface area (Å²) in [5, 5.41) is 1.57. The Bertz CT molecular complexity index is 1580. The van der Waals surface area contributed by atoms with Crippen LogP contribution < -0.4 is 4.90 Å². The van der Waals surface area contributed by atoms with Gasteiger partial charge in [-0.25, -0.2) is 14.4 Å². The molecule has 0 spiro atoms. The second-order valence-corrected chi connectivity index (χ2v) is 9.32. The van der Waals surface area contributed by atoms with Crippen LogP contribution in [-0.4, -0.2) is 51.5 Å². The molecule has 0 bridgehead atoms. The normalized spacial score (nSPS) is 13.8. The van der Waals surface area contributed by atoms with Crippen molar-refractivity contribution in [2.45, 2.75) is 0 Å². The van der Waals surface area contributed by atoms with Crippen LogP contribution in [0.25, 0.3) is 27.8 Å². The van der Waals surface area contributed by atoms with Crippen LogP contribution in [0.5, 0.6) is 0 Å². The molecule has 37 heavy (non-hydrogen) atoms. The molecule has 3 heterocycles. The third kappa shape index (κ3) is 4.32. The first-order valence-corrected chi connectivity index (χ1v) is 12.4. The van der Waals surface area contributed by atoms with Crippen LogP contribution >= 0.6 is 11.6 Å². The van der Waals surface area contributed by atoms with Crippen LogP contribution in [0, 0.1) is 5.82 Å². The second kappa shape index (κ2) is 9.67. The first-order valence-electron chi connectivity index (χ1n) is 12.1. The van der Waals surface area contributed by atoms with Crippen molar-refractivity contribution in [2.24, 2.45) is 0 Å². The Morgan fingerprint density at radius 2 is 1.54 bits per heavy atom. The van der Waals surface area contributed by atoms with Gasteiger partial charge in [0, 0.05) is 43.5 Å². The maximum absolute atomic E-state index is 13.3. The molecule has 3 aromatic carbocycles. The number of carbonyl (C=O) groups is 1. The van der Waals surface area contributed by atoms with Gasteiger partial charge < -0.3 is 9.80 Å². The predicted molar refractivity (Wildman–Crippen MR) is 144 cm³/mol. The summed E-state index contributed by atoms with van der Waals surface area (Å²) in [5.41, 5.74) is 4.16. The molecule has 1 aliphatic heterocycles. The number of carbonyl (C=O) groups excluding carboxylic acids is 1. The highest BCUT2D eigenvalue weighted by molar-refractivity contribution is 6.32. The van der Waals surface area contributed by atoms with Crippen molar-refractivity contribution >= 4 is 34.4 Å². The number of nitrogens with zero attached hydrogens (tertiary/aromatic N) is 5. The van der Waals surface area contributed by atoms with Crippen molar-refractivity contribution in [1.29, 1.82) is 0 Å². The van der Waals surface area contributed by atoms with Gasteiger partial charge in [0.25, 0.3) is 5.91 Å². The molecule has 0 unspecified atom stereocenters. The number of halogens is 2. The number of fused-ring (bicyclic) bond motifs is 1. The van der Waals surface area contributed by atoms with E-state index in [1.54, 1.807) is 11.2 Å². The van der Waals surface area contributed by atoms with Crippen LogP contribution in [0.1, 0.15) is 10.4 Å². The zero-order valence-corrected chi connectivity index (χ0v) is 20.6. The molecule has 184 valence electrons. The number of hydrogen-bond acceptors (Lipinski definition) is 4. The van der Waals surface area contributed by atoms with Gasteiger partial charge in [-0.2, -0.15) is 0 Å². The lowest BCUT2D eigenvalue weighted by Crippen LogP contribution is -2.49. The van der Waals surface area contributed by atoms with E-state index in [1.807, 2.05) is 47.0 Å². The Morgan fingerprint density at radius 3 is 2.27 bits per heavy atom. The molecule has 0 N–H and O–H groups in total. The fourth-order valence-corrected chi connectivity index (χ4v) is 5.08. The van der Waals surface area contributed by atoms with Crippen molar-refractivity contribution in [3.63, 3.8) is 0 Å². The van der Waals surface area contributed by atoms with E-state index in [0.29, 0.717) is 36.8 Å². The van der Waals surface area contributed by atoms with E-state index >= 15 is 0 Å². The van der Waals surface area contributed by atoms with Crippen LogP contribution in [0.2, 0.25) is 5.02 Å². The van der Waals surface area contributed by atoms with Gasteiger partial charge >= 0.3 is 0 Å². The number of amides is 1. The summed E-state index contributed by atoms with van der Waals surface area (Å²) in [6.07, 6.45) is 3.64. The minimum Gasteiger partial charge on any atom is -0.352 e. The fraction of sp³-hybridized carbons (Fsp3) is 0.138. The number of benzene rings is 3. The number of rotatable bonds is 4. The van der Waals surface area contributed by atoms with Gasteiger partial charge in [-0.15, -0.1) is 0 Å². The SMILES string of the molecule is O=C(c1ccc(F)cc1)N1CCN(c2ncnc3c2c(-c2ccccc2)cn3-c2ccccc2Cl)CC1. The standard InChI is InChI=1S/C29H23ClFN5O/c30-24-8-4-5-9-25(24)36-18-23(20-6-2-1-3-7-20)26-27(32-19-33-28(26)36)34-14-16-35(17-15-34)29(37)21-10-12-22(31)13-11-21/h1-13,18-19H,14-17H2. The highest BCUT2D eigenvalue weighted by Gasteiger charge is 2.26. The minimum absolute atomic E-state index is 0.0951. The first-order chi connectivity index (χ1) is 18.1. The minimum atomic E-state index is -0.355. The van der Waals surface area contributed by atoms with Crippen molar-refractivity contribution in [3.05, 3.63) is 108 Å². The average Bonchev–Trinajstić information content (AvgIpc) is 3.34. The summed E-state index contributed by atoms with van der Waals surface area (Å²) in [5.74, 6) is 0.373. The molecule has 0 radical (unpaired) electrons. The number of piperazine rings is 1. The monoisotopic (exact) mass is 511 g/mol. The van der Waals surface area contributed by atoms with Gasteiger partial charge in [-0.3, -0.25) is 9.36 Å². The summed E-state index contributed by atoms with van der Waals surface area (Å²) in [6.45, 7) is 2.30. The maximum Gasteiger partial charge on any atom is 0.253 e. The van der Waals surface area contributed by atoms with Crippen molar-refractivity contribution < 1.29 is 9.18 Å². The largest absolute Gasteiger partial charge is 0.352 e. The predicted octanol–water partition coefficient (Wildman–Crippen LogP) is 5.84. The highest BCUT2D eigenvalue weighted by Crippen LogP contribution is 2.38. The summed E-state index contributed by atoms with van der Waals surface area (Å²) in [7, 11) is 0. The van der Waals surface area contributed by atoms with E-state index in [0.717, 1.165) is 33.7 Å². The Labute approximate surface area is 218 Å². The molecule has 0 saturated carbocycles. The zero-order chi connectivity index (χ0) is 25.4. The number of anilines is 1. The van der Waals surface area contributed by atoms with Crippen molar-refractivity contribution in [1.82, 2.24) is 19.4 Å². The van der Waals surface area contributed by atoms with Crippen molar-refractivity contribution in [2.75, 3.05) is 31.1 Å². The van der Waals surface area contributed by atoms with Crippen LogP contribution in [-0.2, 0) is 0 Å². The Morgan fingerprint density at radius 1 is 0.838 bits per heavy atom. The summed E-state index contributed by atoms with van der Waals surface area (Å²) in [4.78, 5) is 26.3. The Hall–Kier alpha value is -4.23. The Kier molecular flexibility index (Phi) is 6.06. The third-order valence-electron chi connectivity index (χ3n) is 6.72. The summed E-state index contributed by atoms with van der Waals surface area (Å²) >= 11 is 6.57. The molecular weight excluding hydrogens is 489 g/mol. The van der Waals surface area contributed by atoms with Gasteiger partial charge in [-0.05, 0) is 42.0 Å². The lowest BCUT2D eigenvalue weighted by molar-refractivity contribution is 0.0746. The quantitative estimate of drug-likeness (QED) is 0.304. The third-order valence-corrected chi connectivity index (χ3v) is 7.04. The first kappa shape index (κ1) is 23.2. The zero-order valence-electron chi connectivity index (χ0n) is 19.9. The van der Waals surface area contributed by atoms with Crippen LogP contribution in [0.15, 0.2) is 91.4 Å². The molecular formula is C29H23ClFN5O. The maximum atomic E-state index is 13.3. The van der Waals surface area contributed by atoms with Gasteiger partial charge in [-0.1, -0.05) is 54.1 Å². The smallest absolute Gasteiger partial charge is 0.253 e. The van der Waals surface area contributed by atoms with Gasteiger partial charge in [0.05, 0.1) is 16.1 Å². The highest BCUT2D eigenvalue weighted by atomic mass is 35.5. The van der Waals surface area contributed by atoms with E-state index in [1.165, 1.54) is 24.3 Å². The second-order valence-electron chi connectivity index (χ2n) is 8.91. The molecule has 1 aliphatic rings. The lowest BCUT2D eigenvalue weighted by atomic mass is 10.1. The fourth-order valence-electron chi connectivity index (χ4n) is 4.85. The molecule has 2 aromatic heterocycles. The molecule has 6 nitrogen and oxygen atoms in total. The summed E-state index contributed by atoms with van der Waals surface area (Å²) in [6, 6.07) is 23.5. The molecule has 0 aliphatic carbocycles. The molecule has 0 atom stereocenters. The number of aromatic nitrogens is 3. The van der Waals surface area contributed by atoms with E-state index < -0.39 is 0 Å². The van der Waals surface area contributed by atoms with Gasteiger partial charge in [0.2, 0.25) is 0 Å². The van der Waals surface area contributed by atoms with Gasteiger partial charge in [0.15, 0.2) is 5.65 Å². The molecule has 5 aromatic rings. The molecule has 1 fully saturated rings. The van der Waals surface area contributed by atoms with Crippen LogP contribution in [0.4, 0.5) is 10.2 Å². The number of hydrogen-bond donors (Lipinski definition) is 0. The van der Waals surface area contributed by atoms with E-state index in [9.17, 15) is 9.18 Å². The Balaban J connectivity index is 1.38. The topological polar surface area (TPSA) is 54.3 Å². The molecule has 8 heteroatoms. The van der Waals surface area contributed by atoms with Gasteiger partial charge in [0.1, 0.15) is 18.0 Å². The number of para-hydroxylation sites is 1. The van der Waals surface area contributed by atoms with E-state index in [2.05, 4.69) is 28.2 Å². The van der Waals surface area contributed by atoms with E-state index in [-0.39, 0.29) is 11.7 Å². The van der Waals surface area contributed by atoms with Crippen molar-refractivity contribution in [3.8, 4) is 16.8 Å². The molecule has 6 rings (SSSR count). The van der Waals surface area contributed by atoms with Crippen LogP contribution in [0.3, 0.4) is 0 Å². The lowest BCUT2D eigenvalue weighted by Gasteiger charge is -2.35. The average molecular weight is 512 g/mol.